The number of carbonyl (C=O) groups excluding carboxylic acids is 1. The molecule has 10 heteroatoms. The van der Waals surface area contributed by atoms with Gasteiger partial charge in [-0.25, -0.2) is 4.98 Å². The van der Waals surface area contributed by atoms with Crippen LogP contribution in [0.2, 0.25) is 0 Å². The van der Waals surface area contributed by atoms with Gasteiger partial charge in [-0.15, -0.1) is 5.10 Å². The molecule has 3 heterocycles. The summed E-state index contributed by atoms with van der Waals surface area (Å²) >= 11 is 0. The van der Waals surface area contributed by atoms with Crippen molar-refractivity contribution in [1.82, 2.24) is 29.3 Å². The van der Waals surface area contributed by atoms with Gasteiger partial charge in [0.25, 0.3) is 5.91 Å². The normalized spacial score (nSPS) is 11.0. The Balaban J connectivity index is 1.24. The van der Waals surface area contributed by atoms with Gasteiger partial charge in [0.1, 0.15) is 12.4 Å². The molecule has 4 N–H and O–H groups in total. The summed E-state index contributed by atoms with van der Waals surface area (Å²) in [7, 11) is 0. The van der Waals surface area contributed by atoms with E-state index < -0.39 is 0 Å². The fourth-order valence-electron chi connectivity index (χ4n) is 3.28. The molecule has 0 saturated heterocycles. The number of aromatic nitrogens is 6. The number of carbonyl (C=O) groups is 1. The van der Waals surface area contributed by atoms with Crippen molar-refractivity contribution in [2.24, 2.45) is 0 Å². The van der Waals surface area contributed by atoms with Crippen LogP contribution in [0.5, 0.6) is 5.75 Å². The lowest BCUT2D eigenvalue weighted by Gasteiger charge is -2.08. The molecule has 2 aromatic carbocycles. The van der Waals surface area contributed by atoms with Crippen LogP contribution in [0.4, 0.5) is 17.6 Å². The van der Waals surface area contributed by atoms with E-state index in [-0.39, 0.29) is 17.8 Å². The summed E-state index contributed by atoms with van der Waals surface area (Å²) in [5.74, 6) is 0.610. The summed E-state index contributed by atoms with van der Waals surface area (Å²) < 4.78 is 8.76. The molecule has 0 unspecified atom stereocenters. The third-order valence-electron chi connectivity index (χ3n) is 4.91. The zero-order valence-electron chi connectivity index (χ0n) is 17.0. The standard InChI is InChI=1S/C22H20N8O2/c23-21-27-22(28-30(21)20(31)16-2-1-15-7-8-25-19(15)13-16)26-17-3-5-18(6-4-17)32-12-11-29-10-9-24-14-29/h1-10,13-14,25H,11-12H2,(H3,23,26,27,28). The van der Waals surface area contributed by atoms with Crippen molar-refractivity contribution in [2.45, 2.75) is 6.54 Å². The molecule has 0 aliphatic heterocycles. The maximum absolute atomic E-state index is 12.8. The number of fused-ring (bicyclic) bond motifs is 1. The second-order valence-electron chi connectivity index (χ2n) is 7.09. The molecular formula is C22H20N8O2. The summed E-state index contributed by atoms with van der Waals surface area (Å²) in [5, 5.41) is 8.29. The lowest BCUT2D eigenvalue weighted by Crippen LogP contribution is -2.16. The van der Waals surface area contributed by atoms with E-state index in [1.54, 1.807) is 24.7 Å². The molecule has 10 nitrogen and oxygen atoms in total. The first kappa shape index (κ1) is 19.4. The molecule has 0 radical (unpaired) electrons. The molecule has 0 atom stereocenters. The quantitative estimate of drug-likeness (QED) is 0.363. The lowest BCUT2D eigenvalue weighted by atomic mass is 10.1. The number of ether oxygens (including phenoxy) is 1. The maximum atomic E-state index is 12.8. The van der Waals surface area contributed by atoms with Gasteiger partial charge in [0, 0.05) is 35.4 Å². The zero-order chi connectivity index (χ0) is 21.9. The van der Waals surface area contributed by atoms with E-state index in [1.807, 2.05) is 53.4 Å². The number of nitrogens with two attached hydrogens (primary N) is 1. The molecule has 0 aliphatic rings. The Morgan fingerprint density at radius 1 is 1.16 bits per heavy atom. The zero-order valence-corrected chi connectivity index (χ0v) is 17.0. The van der Waals surface area contributed by atoms with Crippen molar-refractivity contribution in [3.63, 3.8) is 0 Å². The highest BCUT2D eigenvalue weighted by atomic mass is 16.5. The number of anilines is 3. The van der Waals surface area contributed by atoms with Crippen LogP contribution >= 0.6 is 0 Å². The summed E-state index contributed by atoms with van der Waals surface area (Å²) in [5.41, 5.74) is 8.00. The van der Waals surface area contributed by atoms with Crippen LogP contribution < -0.4 is 15.8 Å². The predicted molar refractivity (Wildman–Crippen MR) is 120 cm³/mol. The molecule has 5 rings (SSSR count). The first-order valence-corrected chi connectivity index (χ1v) is 9.96. The molecule has 5 aromatic rings. The third-order valence-corrected chi connectivity index (χ3v) is 4.91. The van der Waals surface area contributed by atoms with Gasteiger partial charge >= 0.3 is 0 Å². The monoisotopic (exact) mass is 428 g/mol. The Bertz CT molecular complexity index is 1350. The Morgan fingerprint density at radius 3 is 2.84 bits per heavy atom. The van der Waals surface area contributed by atoms with Crippen LogP contribution in [-0.4, -0.2) is 41.8 Å². The number of aromatic amines is 1. The summed E-state index contributed by atoms with van der Waals surface area (Å²) in [6, 6.07) is 14.7. The number of nitrogen functional groups attached to an aromatic ring is 1. The number of nitrogens with zero attached hydrogens (tertiary/aromatic N) is 5. The lowest BCUT2D eigenvalue weighted by molar-refractivity contribution is 0.0948. The molecular weight excluding hydrogens is 408 g/mol. The highest BCUT2D eigenvalue weighted by Crippen LogP contribution is 2.20. The molecule has 0 fully saturated rings. The van der Waals surface area contributed by atoms with Crippen LogP contribution in [0.25, 0.3) is 10.9 Å². The van der Waals surface area contributed by atoms with Crippen LogP contribution in [0.3, 0.4) is 0 Å². The molecule has 0 aliphatic carbocycles. The SMILES string of the molecule is Nc1nc(Nc2ccc(OCCn3ccnc3)cc2)nn1C(=O)c1ccc2cc[nH]c2c1. The summed E-state index contributed by atoms with van der Waals surface area (Å²) in [6.07, 6.45) is 7.19. The minimum Gasteiger partial charge on any atom is -0.492 e. The highest BCUT2D eigenvalue weighted by Gasteiger charge is 2.16. The molecule has 0 saturated carbocycles. The molecule has 160 valence electrons. The molecule has 0 amide bonds. The van der Waals surface area contributed by atoms with Gasteiger partial charge < -0.3 is 25.3 Å². The van der Waals surface area contributed by atoms with Gasteiger partial charge in [-0.1, -0.05) is 6.07 Å². The molecule has 32 heavy (non-hydrogen) atoms. The predicted octanol–water partition coefficient (Wildman–Crippen LogP) is 3.05. The van der Waals surface area contributed by atoms with Gasteiger partial charge in [-0.2, -0.15) is 9.67 Å². The van der Waals surface area contributed by atoms with Crippen LogP contribution in [0.15, 0.2) is 73.4 Å². The van der Waals surface area contributed by atoms with Crippen molar-refractivity contribution in [3.8, 4) is 5.75 Å². The summed E-state index contributed by atoms with van der Waals surface area (Å²) in [6.45, 7) is 1.24. The van der Waals surface area contributed by atoms with Crippen molar-refractivity contribution < 1.29 is 9.53 Å². The van der Waals surface area contributed by atoms with E-state index >= 15 is 0 Å². The van der Waals surface area contributed by atoms with Crippen LogP contribution in [0, 0.1) is 0 Å². The largest absolute Gasteiger partial charge is 0.492 e. The fraction of sp³-hybridized carbons (Fsp3) is 0.0909. The Hall–Kier alpha value is -4.60. The first-order chi connectivity index (χ1) is 15.7. The number of H-pyrrole nitrogens is 1. The van der Waals surface area contributed by atoms with Crippen LogP contribution in [0.1, 0.15) is 10.4 Å². The van der Waals surface area contributed by atoms with E-state index in [2.05, 4.69) is 25.4 Å². The number of imidazole rings is 1. The highest BCUT2D eigenvalue weighted by molar-refractivity contribution is 6.00. The second kappa shape index (κ2) is 8.26. The van der Waals surface area contributed by atoms with E-state index in [0.717, 1.165) is 27.0 Å². The average molecular weight is 428 g/mol. The molecule has 0 spiro atoms. The minimum atomic E-state index is -0.360. The number of hydrogen-bond donors (Lipinski definition) is 3. The van der Waals surface area contributed by atoms with Gasteiger partial charge in [0.05, 0.1) is 12.9 Å². The van der Waals surface area contributed by atoms with E-state index in [0.29, 0.717) is 18.7 Å². The third kappa shape index (κ3) is 4.01. The van der Waals surface area contributed by atoms with Crippen LogP contribution in [-0.2, 0) is 6.54 Å². The number of benzene rings is 2. The number of rotatable bonds is 7. The minimum absolute atomic E-state index is 0.00328. The van der Waals surface area contributed by atoms with E-state index in [1.165, 1.54) is 0 Å². The summed E-state index contributed by atoms with van der Waals surface area (Å²) in [4.78, 5) is 24.1. The molecule has 0 bridgehead atoms. The van der Waals surface area contributed by atoms with Crippen molar-refractivity contribution >= 4 is 34.4 Å². The van der Waals surface area contributed by atoms with Gasteiger partial charge in [0.15, 0.2) is 0 Å². The number of nitrogens with one attached hydrogen (secondary N) is 2. The smallest absolute Gasteiger partial charge is 0.281 e. The average Bonchev–Trinajstić information content (AvgIpc) is 3.55. The van der Waals surface area contributed by atoms with Crippen molar-refractivity contribution in [3.05, 3.63) is 79.0 Å². The number of hydrogen-bond acceptors (Lipinski definition) is 7. The van der Waals surface area contributed by atoms with Gasteiger partial charge in [0.2, 0.25) is 11.9 Å². The second-order valence-corrected chi connectivity index (χ2v) is 7.09. The molecule has 3 aromatic heterocycles. The van der Waals surface area contributed by atoms with Gasteiger partial charge in [-0.05, 0) is 47.9 Å². The van der Waals surface area contributed by atoms with Gasteiger partial charge in [-0.3, -0.25) is 4.79 Å². The van der Waals surface area contributed by atoms with E-state index in [9.17, 15) is 4.79 Å². The maximum Gasteiger partial charge on any atom is 0.281 e. The topological polar surface area (TPSA) is 129 Å². The van der Waals surface area contributed by atoms with Crippen molar-refractivity contribution in [2.75, 3.05) is 17.7 Å². The Labute approximate surface area is 182 Å². The Kier molecular flexibility index (Phi) is 5.00. The fourth-order valence-corrected chi connectivity index (χ4v) is 3.28. The van der Waals surface area contributed by atoms with Crippen molar-refractivity contribution in [1.29, 1.82) is 0 Å². The van der Waals surface area contributed by atoms with E-state index in [4.69, 9.17) is 10.5 Å². The Morgan fingerprint density at radius 2 is 2.03 bits per heavy atom. The first-order valence-electron chi connectivity index (χ1n) is 9.96.